The molecule has 5 rings (SSSR count). The summed E-state index contributed by atoms with van der Waals surface area (Å²) in [4.78, 5) is 17.9. The number of nitrogens with zero attached hydrogens (tertiary/aromatic N) is 3. The van der Waals surface area contributed by atoms with Gasteiger partial charge in [0.2, 0.25) is 4.96 Å². The minimum absolute atomic E-state index is 0.157. The molecule has 6 heteroatoms. The van der Waals surface area contributed by atoms with E-state index in [0.717, 1.165) is 22.4 Å². The lowest BCUT2D eigenvalue weighted by Crippen LogP contribution is -2.23. The van der Waals surface area contributed by atoms with E-state index >= 15 is 0 Å². The summed E-state index contributed by atoms with van der Waals surface area (Å²) in [5.41, 5.74) is 3.96. The molecule has 2 aromatic heterocycles. The van der Waals surface area contributed by atoms with Crippen LogP contribution in [0.15, 0.2) is 83.7 Å². The molecule has 3 aromatic carbocycles. The van der Waals surface area contributed by atoms with Gasteiger partial charge in [0.25, 0.3) is 5.56 Å². The molecule has 0 aliphatic carbocycles. The summed E-state index contributed by atoms with van der Waals surface area (Å²) < 4.78 is 7.80. The van der Waals surface area contributed by atoms with Crippen LogP contribution >= 0.6 is 11.3 Å². The Morgan fingerprint density at radius 2 is 1.71 bits per heavy atom. The summed E-state index contributed by atoms with van der Waals surface area (Å²) >= 11 is 1.34. The molecule has 5 nitrogen and oxygen atoms in total. The van der Waals surface area contributed by atoms with E-state index in [1.54, 1.807) is 0 Å². The Labute approximate surface area is 182 Å². The van der Waals surface area contributed by atoms with Crippen molar-refractivity contribution in [2.45, 2.75) is 13.5 Å². The van der Waals surface area contributed by atoms with Crippen LogP contribution in [0, 0.1) is 6.92 Å². The van der Waals surface area contributed by atoms with Gasteiger partial charge in [-0.15, -0.1) is 5.10 Å². The predicted octanol–water partition coefficient (Wildman–Crippen LogP) is 4.25. The predicted molar refractivity (Wildman–Crippen MR) is 123 cm³/mol. The molecule has 0 aliphatic rings. The third kappa shape index (κ3) is 4.11. The molecular formula is C25H19N3O2S. The average Bonchev–Trinajstić information content (AvgIpc) is 3.34. The van der Waals surface area contributed by atoms with Gasteiger partial charge in [-0.25, -0.2) is 0 Å². The van der Waals surface area contributed by atoms with Gasteiger partial charge in [-0.2, -0.15) is 9.50 Å². The highest BCUT2D eigenvalue weighted by Gasteiger charge is 2.11. The first-order valence-corrected chi connectivity index (χ1v) is 10.7. The molecule has 0 N–H and O–H groups in total. The molecule has 0 bridgehead atoms. The summed E-state index contributed by atoms with van der Waals surface area (Å²) in [6, 6.07) is 25.7. The minimum atomic E-state index is -0.157. The number of rotatable bonds is 5. The second-order valence-electron chi connectivity index (χ2n) is 7.25. The number of benzene rings is 3. The normalized spacial score (nSPS) is 11.8. The average molecular weight is 426 g/mol. The van der Waals surface area contributed by atoms with Gasteiger partial charge in [0, 0.05) is 5.56 Å². The van der Waals surface area contributed by atoms with E-state index in [0.29, 0.717) is 21.9 Å². The van der Waals surface area contributed by atoms with Crippen LogP contribution in [-0.2, 0) is 6.61 Å². The van der Waals surface area contributed by atoms with Gasteiger partial charge in [-0.05, 0) is 36.3 Å². The Balaban J connectivity index is 1.37. The highest BCUT2D eigenvalue weighted by atomic mass is 32.1. The molecule has 5 aromatic rings. The van der Waals surface area contributed by atoms with Crippen molar-refractivity contribution in [2.75, 3.05) is 0 Å². The van der Waals surface area contributed by atoms with Crippen LogP contribution in [0.4, 0.5) is 0 Å². The van der Waals surface area contributed by atoms with Crippen LogP contribution in [0.2, 0.25) is 0 Å². The SMILES string of the molecule is Cc1ccc(-c2nc3s/c(=C\c4ccc(OCc5ccccc5)cc4)c(=O)n3n2)cc1. The van der Waals surface area contributed by atoms with Gasteiger partial charge in [0.1, 0.15) is 12.4 Å². The monoisotopic (exact) mass is 425 g/mol. The summed E-state index contributed by atoms with van der Waals surface area (Å²) in [5.74, 6) is 1.35. The summed E-state index contributed by atoms with van der Waals surface area (Å²) in [7, 11) is 0. The highest BCUT2D eigenvalue weighted by Crippen LogP contribution is 2.18. The molecule has 0 atom stereocenters. The van der Waals surface area contributed by atoms with Crippen molar-refractivity contribution in [3.63, 3.8) is 0 Å². The van der Waals surface area contributed by atoms with Crippen molar-refractivity contribution in [1.29, 1.82) is 0 Å². The Kier molecular flexibility index (Phi) is 5.06. The number of aryl methyl sites for hydroxylation is 1. The second-order valence-corrected chi connectivity index (χ2v) is 8.26. The molecule has 0 aliphatic heterocycles. The lowest BCUT2D eigenvalue weighted by Gasteiger charge is -2.06. The van der Waals surface area contributed by atoms with E-state index < -0.39 is 0 Å². The number of ether oxygens (including phenoxy) is 1. The van der Waals surface area contributed by atoms with Gasteiger partial charge >= 0.3 is 0 Å². The van der Waals surface area contributed by atoms with E-state index in [-0.39, 0.29) is 5.56 Å². The number of aromatic nitrogens is 3. The standard InChI is InChI=1S/C25H19N3O2S/c1-17-7-11-20(12-8-17)23-26-25-28(27-23)24(29)22(31-25)15-18-9-13-21(14-10-18)30-16-19-5-3-2-4-6-19/h2-15H,16H2,1H3/b22-15-. The summed E-state index contributed by atoms with van der Waals surface area (Å²) in [6.07, 6.45) is 1.86. The van der Waals surface area contributed by atoms with Crippen molar-refractivity contribution < 1.29 is 4.74 Å². The fourth-order valence-electron chi connectivity index (χ4n) is 3.21. The van der Waals surface area contributed by atoms with Crippen LogP contribution in [0.25, 0.3) is 22.4 Å². The van der Waals surface area contributed by atoms with Crippen LogP contribution in [0.1, 0.15) is 16.7 Å². The number of fused-ring (bicyclic) bond motifs is 1. The van der Waals surface area contributed by atoms with E-state index in [1.807, 2.05) is 91.9 Å². The van der Waals surface area contributed by atoms with Crippen molar-refractivity contribution in [3.8, 4) is 17.1 Å². The van der Waals surface area contributed by atoms with E-state index in [2.05, 4.69) is 10.1 Å². The third-order valence-corrected chi connectivity index (χ3v) is 5.88. The number of thiazole rings is 1. The first-order valence-electron chi connectivity index (χ1n) is 9.91. The molecule has 0 saturated heterocycles. The number of hydrogen-bond acceptors (Lipinski definition) is 5. The molecule has 0 fully saturated rings. The van der Waals surface area contributed by atoms with Crippen LogP contribution in [0.3, 0.4) is 0 Å². The van der Waals surface area contributed by atoms with Crippen LogP contribution in [-0.4, -0.2) is 14.6 Å². The zero-order chi connectivity index (χ0) is 21.2. The fraction of sp³-hybridized carbons (Fsp3) is 0.0800. The summed E-state index contributed by atoms with van der Waals surface area (Å²) in [6.45, 7) is 2.55. The van der Waals surface area contributed by atoms with Gasteiger partial charge in [0.15, 0.2) is 5.82 Å². The molecule has 0 unspecified atom stereocenters. The Morgan fingerprint density at radius 3 is 2.42 bits per heavy atom. The quantitative estimate of drug-likeness (QED) is 0.422. The van der Waals surface area contributed by atoms with Gasteiger partial charge in [-0.3, -0.25) is 4.79 Å². The lowest BCUT2D eigenvalue weighted by molar-refractivity contribution is 0.306. The van der Waals surface area contributed by atoms with Crippen LogP contribution < -0.4 is 14.8 Å². The van der Waals surface area contributed by atoms with E-state index in [9.17, 15) is 4.79 Å². The molecule has 31 heavy (non-hydrogen) atoms. The van der Waals surface area contributed by atoms with E-state index in [1.165, 1.54) is 21.4 Å². The lowest BCUT2D eigenvalue weighted by atomic mass is 10.1. The smallest absolute Gasteiger partial charge is 0.291 e. The zero-order valence-corrected chi connectivity index (χ0v) is 17.7. The summed E-state index contributed by atoms with van der Waals surface area (Å²) in [5, 5.41) is 4.41. The first kappa shape index (κ1) is 19.2. The van der Waals surface area contributed by atoms with Crippen molar-refractivity contribution in [3.05, 3.63) is 110 Å². The van der Waals surface area contributed by atoms with Gasteiger partial charge in [-0.1, -0.05) is 83.6 Å². The Hall–Kier alpha value is -3.77. The highest BCUT2D eigenvalue weighted by molar-refractivity contribution is 7.15. The first-order chi connectivity index (χ1) is 15.2. The minimum Gasteiger partial charge on any atom is -0.489 e. The van der Waals surface area contributed by atoms with E-state index in [4.69, 9.17) is 4.74 Å². The molecule has 0 spiro atoms. The van der Waals surface area contributed by atoms with Gasteiger partial charge in [0.05, 0.1) is 4.53 Å². The third-order valence-electron chi connectivity index (χ3n) is 4.92. The number of hydrogen-bond donors (Lipinski definition) is 0. The van der Waals surface area contributed by atoms with Crippen molar-refractivity contribution in [2.24, 2.45) is 0 Å². The molecule has 0 amide bonds. The fourth-order valence-corrected chi connectivity index (χ4v) is 4.12. The molecule has 152 valence electrons. The maximum absolute atomic E-state index is 12.8. The van der Waals surface area contributed by atoms with Crippen molar-refractivity contribution in [1.82, 2.24) is 14.6 Å². The maximum atomic E-state index is 12.8. The maximum Gasteiger partial charge on any atom is 0.291 e. The zero-order valence-electron chi connectivity index (χ0n) is 16.9. The second kappa shape index (κ2) is 8.16. The Morgan fingerprint density at radius 1 is 0.968 bits per heavy atom. The molecule has 0 radical (unpaired) electrons. The topological polar surface area (TPSA) is 56.5 Å². The molecule has 0 saturated carbocycles. The molecule has 2 heterocycles. The van der Waals surface area contributed by atoms with Crippen molar-refractivity contribution >= 4 is 22.4 Å². The van der Waals surface area contributed by atoms with Gasteiger partial charge < -0.3 is 4.74 Å². The molecular weight excluding hydrogens is 406 g/mol. The van der Waals surface area contributed by atoms with Crippen LogP contribution in [0.5, 0.6) is 5.75 Å². The Bertz CT molecular complexity index is 1440. The largest absolute Gasteiger partial charge is 0.489 e.